The average molecular weight is 627 g/mol. The molecule has 3 N–H and O–H groups in total. The highest BCUT2D eigenvalue weighted by Crippen LogP contribution is 2.40. The van der Waals surface area contributed by atoms with E-state index in [9.17, 15) is 9.59 Å². The monoisotopic (exact) mass is 626 g/mol. The quantitative estimate of drug-likeness (QED) is 0.402. The number of aryl methyl sites for hydroxylation is 1. The topological polar surface area (TPSA) is 98.8 Å². The smallest absolute Gasteiger partial charge is 0.239 e. The van der Waals surface area contributed by atoms with E-state index in [4.69, 9.17) is 16.3 Å². The van der Waals surface area contributed by atoms with Crippen LogP contribution < -0.4 is 20.9 Å². The molecule has 1 saturated carbocycles. The van der Waals surface area contributed by atoms with Crippen LogP contribution in [0, 0.1) is 24.6 Å². The molecule has 0 spiro atoms. The molecular formula is C33H44ClFN6O3. The van der Waals surface area contributed by atoms with Crippen molar-refractivity contribution in [3.05, 3.63) is 59.2 Å². The Kier molecular flexibility index (Phi) is 9.71. The molecule has 1 aromatic carbocycles. The van der Waals surface area contributed by atoms with Crippen molar-refractivity contribution in [3.8, 4) is 5.75 Å². The largest absolute Gasteiger partial charge is 0.496 e. The highest BCUT2D eigenvalue weighted by Gasteiger charge is 2.44. The highest BCUT2D eigenvalue weighted by molar-refractivity contribution is 6.20. The van der Waals surface area contributed by atoms with Crippen LogP contribution in [0.4, 0.5) is 4.39 Å². The summed E-state index contributed by atoms with van der Waals surface area (Å²) >= 11 is 6.31. The molecule has 9 nitrogen and oxygen atoms in total. The third kappa shape index (κ3) is 6.73. The van der Waals surface area contributed by atoms with Crippen LogP contribution in [-0.4, -0.2) is 76.8 Å². The molecule has 0 bridgehead atoms. The van der Waals surface area contributed by atoms with Gasteiger partial charge in [-0.25, -0.2) is 9.82 Å². The number of nitrogens with zero attached hydrogens (tertiary/aromatic N) is 3. The van der Waals surface area contributed by atoms with Crippen LogP contribution in [0.2, 0.25) is 0 Å². The van der Waals surface area contributed by atoms with Crippen LogP contribution in [0.3, 0.4) is 0 Å². The summed E-state index contributed by atoms with van der Waals surface area (Å²) in [5.41, 5.74) is 9.53. The standard InChI is InChI=1S/C33H44ClFN6O3/c1-20-16-21(10-13-36-20)31-25-17-22(6-8-28(25)38-39-31)32(42)37-24-7-9-29(33(43)40-14-11-23(34)12-15-40)41(18-24)19-26-27(35)4-3-5-30(26)44-2/h3-5,10,13,16,22-25,28-29,31,38-39H,6-9,11-12,14-15,17-19H2,1-2H3,(H,37,42)/t22?,24-,25?,28?,29+,31?/m1/s1. The maximum absolute atomic E-state index is 15.1. The molecule has 0 radical (unpaired) electrons. The first-order valence-electron chi connectivity index (χ1n) is 16.0. The number of methoxy groups -OCH3 is 1. The number of benzene rings is 1. The van der Waals surface area contributed by atoms with Gasteiger partial charge in [-0.05, 0) is 87.6 Å². The number of halogens is 2. The lowest BCUT2D eigenvalue weighted by molar-refractivity contribution is -0.140. The summed E-state index contributed by atoms with van der Waals surface area (Å²) in [7, 11) is 1.53. The van der Waals surface area contributed by atoms with Gasteiger partial charge in [0.25, 0.3) is 0 Å². The Bertz CT molecular complexity index is 1340. The van der Waals surface area contributed by atoms with Crippen molar-refractivity contribution in [1.29, 1.82) is 0 Å². The van der Waals surface area contributed by atoms with Gasteiger partial charge >= 0.3 is 0 Å². The number of carbonyl (C=O) groups excluding carboxylic acids is 2. The van der Waals surface area contributed by atoms with E-state index in [1.807, 2.05) is 22.9 Å². The first-order valence-corrected chi connectivity index (χ1v) is 16.5. The van der Waals surface area contributed by atoms with Gasteiger partial charge in [0.1, 0.15) is 11.6 Å². The van der Waals surface area contributed by atoms with E-state index in [1.165, 1.54) is 18.7 Å². The Morgan fingerprint density at radius 2 is 1.93 bits per heavy atom. The van der Waals surface area contributed by atoms with Crippen molar-refractivity contribution >= 4 is 23.4 Å². The molecular weight excluding hydrogens is 583 g/mol. The van der Waals surface area contributed by atoms with Crippen LogP contribution in [0.5, 0.6) is 5.75 Å². The predicted octanol–water partition coefficient (Wildman–Crippen LogP) is 3.85. The summed E-state index contributed by atoms with van der Waals surface area (Å²) in [5.74, 6) is 0.448. The minimum absolute atomic E-state index is 0.0607. The van der Waals surface area contributed by atoms with E-state index in [0.29, 0.717) is 55.7 Å². The Balaban J connectivity index is 1.14. The Morgan fingerprint density at radius 1 is 1.11 bits per heavy atom. The Hall–Kier alpha value is -2.79. The van der Waals surface area contributed by atoms with Crippen molar-refractivity contribution in [2.75, 3.05) is 26.7 Å². The zero-order valence-corrected chi connectivity index (χ0v) is 26.4. The van der Waals surface area contributed by atoms with Gasteiger partial charge < -0.3 is 15.0 Å². The van der Waals surface area contributed by atoms with Crippen LogP contribution in [0.25, 0.3) is 0 Å². The molecule has 6 rings (SSSR count). The van der Waals surface area contributed by atoms with Crippen molar-refractivity contribution in [2.24, 2.45) is 11.8 Å². The molecule has 4 heterocycles. The minimum Gasteiger partial charge on any atom is -0.496 e. The number of hydrogen-bond acceptors (Lipinski definition) is 7. The molecule has 4 unspecified atom stereocenters. The molecule has 1 aromatic heterocycles. The molecule has 3 aliphatic heterocycles. The van der Waals surface area contributed by atoms with Gasteiger partial charge in [-0.15, -0.1) is 11.6 Å². The second kappa shape index (κ2) is 13.7. The van der Waals surface area contributed by atoms with Gasteiger partial charge in [-0.3, -0.25) is 24.9 Å². The third-order valence-corrected chi connectivity index (χ3v) is 10.5. The normalized spacial score (nSPS) is 29.7. The molecule has 4 fully saturated rings. The fraction of sp³-hybridized carbons (Fsp3) is 0.606. The van der Waals surface area contributed by atoms with Crippen molar-refractivity contribution < 1.29 is 18.7 Å². The second-order valence-corrected chi connectivity index (χ2v) is 13.5. The number of alkyl halides is 1. The molecule has 4 aliphatic rings. The summed E-state index contributed by atoms with van der Waals surface area (Å²) in [5, 5.41) is 3.43. The van der Waals surface area contributed by atoms with E-state index in [2.05, 4.69) is 33.3 Å². The number of amides is 2. The van der Waals surface area contributed by atoms with Gasteiger partial charge in [0.15, 0.2) is 0 Å². The number of nitrogens with one attached hydrogen (secondary N) is 3. The van der Waals surface area contributed by atoms with Crippen LogP contribution >= 0.6 is 11.6 Å². The van der Waals surface area contributed by atoms with Gasteiger partial charge in [-0.2, -0.15) is 0 Å². The van der Waals surface area contributed by atoms with Crippen LogP contribution in [0.1, 0.15) is 67.8 Å². The zero-order valence-electron chi connectivity index (χ0n) is 25.6. The second-order valence-electron chi connectivity index (χ2n) is 12.9. The lowest BCUT2D eigenvalue weighted by Gasteiger charge is -2.42. The third-order valence-electron chi connectivity index (χ3n) is 10.1. The number of likely N-dealkylation sites (tertiary alicyclic amines) is 2. The van der Waals surface area contributed by atoms with E-state index < -0.39 is 6.04 Å². The van der Waals surface area contributed by atoms with E-state index >= 15 is 4.39 Å². The molecule has 2 aromatic rings. The average Bonchev–Trinajstić information content (AvgIpc) is 3.46. The van der Waals surface area contributed by atoms with Crippen molar-refractivity contribution in [2.45, 2.75) is 88.0 Å². The summed E-state index contributed by atoms with van der Waals surface area (Å²) in [6, 6.07) is 8.89. The molecule has 44 heavy (non-hydrogen) atoms. The van der Waals surface area contributed by atoms with E-state index in [1.54, 1.807) is 12.1 Å². The summed E-state index contributed by atoms with van der Waals surface area (Å²) in [6.45, 7) is 3.95. The fourth-order valence-corrected chi connectivity index (χ4v) is 7.88. The molecule has 1 aliphatic carbocycles. The molecule has 6 atom stereocenters. The van der Waals surface area contributed by atoms with Crippen molar-refractivity contribution in [3.63, 3.8) is 0 Å². The Morgan fingerprint density at radius 3 is 2.70 bits per heavy atom. The Labute approximate surface area is 264 Å². The summed E-state index contributed by atoms with van der Waals surface area (Å²) in [6.07, 6.45) is 7.22. The SMILES string of the molecule is COc1cccc(F)c1CN1C[C@H](NC(=O)C2CCC3NNC(c4ccnc(C)c4)C3C2)CC[C@H]1C(=O)N1CCC(Cl)CC1. The van der Waals surface area contributed by atoms with Gasteiger partial charge in [0, 0.05) is 67.0 Å². The van der Waals surface area contributed by atoms with E-state index in [-0.39, 0.29) is 47.6 Å². The number of hydrazine groups is 1. The maximum Gasteiger partial charge on any atom is 0.239 e. The first kappa shape index (κ1) is 31.2. The number of ether oxygens (including phenoxy) is 1. The molecule has 2 amide bonds. The van der Waals surface area contributed by atoms with Gasteiger partial charge in [0.05, 0.1) is 19.2 Å². The molecule has 3 saturated heterocycles. The van der Waals surface area contributed by atoms with Crippen molar-refractivity contribution in [1.82, 2.24) is 31.0 Å². The number of piperidine rings is 2. The van der Waals surface area contributed by atoms with Crippen LogP contribution in [-0.2, 0) is 16.1 Å². The maximum atomic E-state index is 15.1. The number of rotatable bonds is 7. The lowest BCUT2D eigenvalue weighted by Crippen LogP contribution is -2.58. The molecule has 11 heteroatoms. The highest BCUT2D eigenvalue weighted by atomic mass is 35.5. The number of carbonyl (C=O) groups is 2. The number of aromatic nitrogens is 1. The first-order chi connectivity index (χ1) is 21.3. The number of fused-ring (bicyclic) bond motifs is 1. The predicted molar refractivity (Wildman–Crippen MR) is 166 cm³/mol. The van der Waals surface area contributed by atoms with Crippen LogP contribution in [0.15, 0.2) is 36.5 Å². The van der Waals surface area contributed by atoms with E-state index in [0.717, 1.165) is 37.8 Å². The lowest BCUT2D eigenvalue weighted by atomic mass is 9.74. The summed E-state index contributed by atoms with van der Waals surface area (Å²) < 4.78 is 20.5. The fourth-order valence-electron chi connectivity index (χ4n) is 7.69. The van der Waals surface area contributed by atoms with Gasteiger partial charge in [0.2, 0.25) is 11.8 Å². The zero-order chi connectivity index (χ0) is 30.8. The summed E-state index contributed by atoms with van der Waals surface area (Å²) in [4.78, 5) is 35.8. The number of hydrogen-bond donors (Lipinski definition) is 3. The minimum atomic E-state index is -0.394. The van der Waals surface area contributed by atoms with Gasteiger partial charge in [-0.1, -0.05) is 6.07 Å². The number of pyridine rings is 1. The molecule has 238 valence electrons.